The summed E-state index contributed by atoms with van der Waals surface area (Å²) >= 11 is 0. The molecule has 1 heterocycles. The fourth-order valence-electron chi connectivity index (χ4n) is 2.20. The number of rotatable bonds is 4. The molecule has 0 radical (unpaired) electrons. The minimum Gasteiger partial charge on any atom is -0.491 e. The number of amides is 2. The van der Waals surface area contributed by atoms with E-state index in [0.29, 0.717) is 23.7 Å². The Balaban J connectivity index is 1.62. The molecule has 6 nitrogen and oxygen atoms in total. The van der Waals surface area contributed by atoms with Gasteiger partial charge in [0.2, 0.25) is 5.91 Å². The van der Waals surface area contributed by atoms with Gasteiger partial charge in [-0.3, -0.25) is 9.59 Å². The highest BCUT2D eigenvalue weighted by Crippen LogP contribution is 2.30. The second-order valence-electron chi connectivity index (χ2n) is 5.12. The molecule has 0 aliphatic carbocycles. The van der Waals surface area contributed by atoms with Crippen LogP contribution >= 0.6 is 0 Å². The second kappa shape index (κ2) is 6.99. The number of benzene rings is 2. The molecule has 24 heavy (non-hydrogen) atoms. The smallest absolute Gasteiger partial charge is 0.262 e. The summed E-state index contributed by atoms with van der Waals surface area (Å²) in [6, 6.07) is 10.8. The van der Waals surface area contributed by atoms with Crippen molar-refractivity contribution in [2.75, 3.05) is 23.8 Å². The highest BCUT2D eigenvalue weighted by Gasteiger charge is 2.15. The van der Waals surface area contributed by atoms with Gasteiger partial charge in [0.15, 0.2) is 18.2 Å². The van der Waals surface area contributed by atoms with Crippen LogP contribution in [0.2, 0.25) is 0 Å². The van der Waals surface area contributed by atoms with Crippen molar-refractivity contribution in [1.29, 1.82) is 0 Å². The van der Waals surface area contributed by atoms with Crippen LogP contribution in [0.1, 0.15) is 6.42 Å². The zero-order valence-electron chi connectivity index (χ0n) is 12.7. The summed E-state index contributed by atoms with van der Waals surface area (Å²) in [6.07, 6.45) is 0.271. The van der Waals surface area contributed by atoms with Crippen LogP contribution in [0.25, 0.3) is 0 Å². The van der Waals surface area contributed by atoms with Crippen molar-refractivity contribution < 1.29 is 23.5 Å². The Morgan fingerprint density at radius 2 is 2.12 bits per heavy atom. The minimum atomic E-state index is -0.532. The predicted molar refractivity (Wildman–Crippen MR) is 85.7 cm³/mol. The number of halogens is 1. The molecule has 2 N–H and O–H groups in total. The number of hydrogen-bond donors (Lipinski definition) is 2. The van der Waals surface area contributed by atoms with E-state index in [0.717, 1.165) is 0 Å². The maximum absolute atomic E-state index is 13.4. The Morgan fingerprint density at radius 1 is 1.29 bits per heavy atom. The van der Waals surface area contributed by atoms with E-state index < -0.39 is 11.7 Å². The number of ether oxygens (including phenoxy) is 2. The molecule has 0 unspecified atom stereocenters. The summed E-state index contributed by atoms with van der Waals surface area (Å²) in [5.74, 6) is -0.578. The van der Waals surface area contributed by atoms with Gasteiger partial charge < -0.3 is 20.1 Å². The number of para-hydroxylation sites is 1. The molecule has 7 heteroatoms. The van der Waals surface area contributed by atoms with Crippen LogP contribution in [0.15, 0.2) is 42.5 Å². The van der Waals surface area contributed by atoms with Crippen LogP contribution in [-0.2, 0) is 9.59 Å². The van der Waals surface area contributed by atoms with Crippen molar-refractivity contribution in [1.82, 2.24) is 0 Å². The van der Waals surface area contributed by atoms with Gasteiger partial charge in [0.25, 0.3) is 5.91 Å². The zero-order chi connectivity index (χ0) is 16.9. The third-order valence-electron chi connectivity index (χ3n) is 3.32. The quantitative estimate of drug-likeness (QED) is 0.903. The Morgan fingerprint density at radius 3 is 2.96 bits per heavy atom. The van der Waals surface area contributed by atoms with E-state index in [1.54, 1.807) is 24.3 Å². The molecular weight excluding hydrogens is 315 g/mol. The van der Waals surface area contributed by atoms with Crippen LogP contribution in [0.5, 0.6) is 11.5 Å². The monoisotopic (exact) mass is 330 g/mol. The van der Waals surface area contributed by atoms with Gasteiger partial charge in [-0.1, -0.05) is 12.1 Å². The molecular formula is C17H15FN2O4. The Kier molecular flexibility index (Phi) is 4.60. The van der Waals surface area contributed by atoms with E-state index in [9.17, 15) is 14.0 Å². The molecule has 0 saturated carbocycles. The number of hydrogen-bond acceptors (Lipinski definition) is 4. The maximum atomic E-state index is 13.4. The third-order valence-corrected chi connectivity index (χ3v) is 3.32. The van der Waals surface area contributed by atoms with Crippen LogP contribution in [0.4, 0.5) is 15.8 Å². The molecule has 124 valence electrons. The number of carbonyl (C=O) groups excluding carboxylic acids is 2. The van der Waals surface area contributed by atoms with E-state index in [1.807, 2.05) is 0 Å². The molecule has 0 fully saturated rings. The largest absolute Gasteiger partial charge is 0.491 e. The standard InChI is InChI=1S/C17H15FN2O4/c18-12-3-1-2-4-14(12)24-10-17(22)19-11-5-6-15-13(9-11)20-16(21)7-8-23-15/h1-6,9H,7-8,10H2,(H,19,22)(H,20,21). The van der Waals surface area contributed by atoms with Gasteiger partial charge in [-0.15, -0.1) is 0 Å². The van der Waals surface area contributed by atoms with Gasteiger partial charge in [-0.25, -0.2) is 4.39 Å². The van der Waals surface area contributed by atoms with Gasteiger partial charge in [-0.2, -0.15) is 0 Å². The van der Waals surface area contributed by atoms with Gasteiger partial charge in [0.1, 0.15) is 5.75 Å². The molecule has 3 rings (SSSR count). The predicted octanol–water partition coefficient (Wildman–Crippen LogP) is 2.56. The van der Waals surface area contributed by atoms with E-state index in [-0.39, 0.29) is 24.7 Å². The van der Waals surface area contributed by atoms with Crippen LogP contribution in [0, 0.1) is 5.82 Å². The summed E-state index contributed by atoms with van der Waals surface area (Å²) in [6.45, 7) is -0.0259. The van der Waals surface area contributed by atoms with Crippen molar-refractivity contribution in [3.63, 3.8) is 0 Å². The summed E-state index contributed by atoms with van der Waals surface area (Å²) in [5, 5.41) is 5.33. The highest BCUT2D eigenvalue weighted by atomic mass is 19.1. The van der Waals surface area contributed by atoms with Gasteiger partial charge >= 0.3 is 0 Å². The van der Waals surface area contributed by atoms with Gasteiger partial charge in [0.05, 0.1) is 18.7 Å². The second-order valence-corrected chi connectivity index (χ2v) is 5.12. The molecule has 1 aliphatic heterocycles. The third kappa shape index (κ3) is 3.81. The molecule has 2 aromatic carbocycles. The molecule has 1 aliphatic rings. The number of nitrogens with one attached hydrogen (secondary N) is 2. The van der Waals surface area contributed by atoms with Crippen LogP contribution in [0.3, 0.4) is 0 Å². The van der Waals surface area contributed by atoms with Crippen molar-refractivity contribution in [3.05, 3.63) is 48.3 Å². The lowest BCUT2D eigenvalue weighted by Gasteiger charge is -2.11. The molecule has 0 atom stereocenters. The average molecular weight is 330 g/mol. The van der Waals surface area contributed by atoms with Gasteiger partial charge in [-0.05, 0) is 30.3 Å². The first kappa shape index (κ1) is 15.8. The normalized spacial score (nSPS) is 13.1. The van der Waals surface area contributed by atoms with Crippen LogP contribution in [-0.4, -0.2) is 25.0 Å². The molecule has 0 bridgehead atoms. The Hall–Kier alpha value is -3.09. The first-order valence-electron chi connectivity index (χ1n) is 7.36. The molecule has 0 aromatic heterocycles. The summed E-state index contributed by atoms with van der Waals surface area (Å²) in [4.78, 5) is 23.5. The van der Waals surface area contributed by atoms with Crippen molar-refractivity contribution in [2.45, 2.75) is 6.42 Å². The number of anilines is 2. The highest BCUT2D eigenvalue weighted by molar-refractivity contribution is 5.96. The maximum Gasteiger partial charge on any atom is 0.262 e. The van der Waals surface area contributed by atoms with Crippen LogP contribution < -0.4 is 20.1 Å². The first-order valence-corrected chi connectivity index (χ1v) is 7.36. The topological polar surface area (TPSA) is 76.7 Å². The number of carbonyl (C=O) groups is 2. The van der Waals surface area contributed by atoms with Crippen molar-refractivity contribution >= 4 is 23.2 Å². The van der Waals surface area contributed by atoms with E-state index in [2.05, 4.69) is 10.6 Å². The number of fused-ring (bicyclic) bond motifs is 1. The SMILES string of the molecule is O=C(COc1ccccc1F)Nc1ccc2c(c1)NC(=O)CCO2. The average Bonchev–Trinajstić information content (AvgIpc) is 2.74. The van der Waals surface area contributed by atoms with E-state index >= 15 is 0 Å². The summed E-state index contributed by atoms with van der Waals surface area (Å²) in [5.41, 5.74) is 0.965. The lowest BCUT2D eigenvalue weighted by atomic mass is 10.2. The fraction of sp³-hybridized carbons (Fsp3) is 0.176. The minimum absolute atomic E-state index is 0.00948. The Bertz CT molecular complexity index is 779. The Labute approximate surface area is 137 Å². The van der Waals surface area contributed by atoms with E-state index in [1.165, 1.54) is 18.2 Å². The van der Waals surface area contributed by atoms with Crippen molar-refractivity contribution in [2.24, 2.45) is 0 Å². The first-order chi connectivity index (χ1) is 11.6. The summed E-state index contributed by atoms with van der Waals surface area (Å²) in [7, 11) is 0. The fourth-order valence-corrected chi connectivity index (χ4v) is 2.20. The lowest BCUT2D eigenvalue weighted by molar-refractivity contribution is -0.118. The van der Waals surface area contributed by atoms with Crippen molar-refractivity contribution in [3.8, 4) is 11.5 Å². The molecule has 2 aromatic rings. The lowest BCUT2D eigenvalue weighted by Crippen LogP contribution is -2.20. The molecule has 2 amide bonds. The zero-order valence-corrected chi connectivity index (χ0v) is 12.7. The molecule has 0 spiro atoms. The van der Waals surface area contributed by atoms with E-state index in [4.69, 9.17) is 9.47 Å². The molecule has 0 saturated heterocycles. The van der Waals surface area contributed by atoms with Gasteiger partial charge in [0, 0.05) is 5.69 Å². The summed E-state index contributed by atoms with van der Waals surface area (Å²) < 4.78 is 24.0.